The molecule has 0 radical (unpaired) electrons. The molecule has 4 nitrogen and oxygen atoms in total. The average molecular weight is 298 g/mol. The Balaban J connectivity index is 2.17. The Morgan fingerprint density at radius 2 is 2.05 bits per heavy atom. The van der Waals surface area contributed by atoms with E-state index in [1.807, 2.05) is 13.0 Å². The van der Waals surface area contributed by atoms with E-state index >= 15 is 0 Å². The van der Waals surface area contributed by atoms with Crippen LogP contribution in [0.5, 0.6) is 5.88 Å². The molecule has 1 aromatic carbocycles. The maximum atomic E-state index is 6.16. The Labute approximate surface area is 121 Å². The van der Waals surface area contributed by atoms with Crippen molar-refractivity contribution in [3.8, 4) is 5.88 Å². The van der Waals surface area contributed by atoms with Gasteiger partial charge in [0.15, 0.2) is 0 Å². The molecule has 1 aromatic heterocycles. The second-order valence-corrected chi connectivity index (χ2v) is 4.80. The molecule has 2 aromatic rings. The smallest absolute Gasteiger partial charge is 0.226 e. The molecular formula is C13H13Cl2N3O. The molecule has 100 valence electrons. The highest BCUT2D eigenvalue weighted by atomic mass is 35.5. The second-order valence-electron chi connectivity index (χ2n) is 3.95. The number of hydrogen-bond donors (Lipinski definition) is 1. The molecule has 0 aliphatic carbocycles. The fourth-order valence-corrected chi connectivity index (χ4v) is 2.22. The van der Waals surface area contributed by atoms with Crippen LogP contribution in [0, 0.1) is 0 Å². The lowest BCUT2D eigenvalue weighted by Gasteiger charge is -2.16. The van der Waals surface area contributed by atoms with Crippen LogP contribution in [0.15, 0.2) is 30.5 Å². The van der Waals surface area contributed by atoms with Crippen LogP contribution in [-0.4, -0.2) is 17.1 Å². The van der Waals surface area contributed by atoms with E-state index in [1.54, 1.807) is 31.5 Å². The van der Waals surface area contributed by atoms with E-state index < -0.39 is 0 Å². The van der Waals surface area contributed by atoms with Gasteiger partial charge in [-0.05, 0) is 24.6 Å². The number of nitrogens with zero attached hydrogens (tertiary/aromatic N) is 2. The third kappa shape index (κ3) is 3.49. The van der Waals surface area contributed by atoms with Crippen molar-refractivity contribution in [3.05, 3.63) is 46.1 Å². The van der Waals surface area contributed by atoms with E-state index in [0.717, 1.165) is 5.56 Å². The van der Waals surface area contributed by atoms with Gasteiger partial charge in [0, 0.05) is 22.3 Å². The molecule has 6 heteroatoms. The zero-order chi connectivity index (χ0) is 13.8. The summed E-state index contributed by atoms with van der Waals surface area (Å²) in [7, 11) is 1.56. The van der Waals surface area contributed by atoms with Gasteiger partial charge in [-0.2, -0.15) is 4.98 Å². The first-order chi connectivity index (χ1) is 9.10. The summed E-state index contributed by atoms with van der Waals surface area (Å²) in [5.41, 5.74) is 0.928. The summed E-state index contributed by atoms with van der Waals surface area (Å²) >= 11 is 12.0. The van der Waals surface area contributed by atoms with E-state index in [-0.39, 0.29) is 6.04 Å². The summed E-state index contributed by atoms with van der Waals surface area (Å²) in [5, 5.41) is 4.38. The lowest BCUT2D eigenvalue weighted by Crippen LogP contribution is -2.10. The van der Waals surface area contributed by atoms with Crippen molar-refractivity contribution in [1.82, 2.24) is 9.97 Å². The number of rotatable bonds is 4. The lowest BCUT2D eigenvalue weighted by molar-refractivity contribution is 0.397. The van der Waals surface area contributed by atoms with Crippen LogP contribution >= 0.6 is 23.2 Å². The van der Waals surface area contributed by atoms with Crippen molar-refractivity contribution < 1.29 is 4.74 Å². The highest BCUT2D eigenvalue weighted by Gasteiger charge is 2.11. The third-order valence-corrected chi connectivity index (χ3v) is 3.18. The van der Waals surface area contributed by atoms with Gasteiger partial charge in [0.25, 0.3) is 0 Å². The largest absolute Gasteiger partial charge is 0.481 e. The normalized spacial score (nSPS) is 12.0. The minimum absolute atomic E-state index is 0.0446. The van der Waals surface area contributed by atoms with Crippen molar-refractivity contribution in [3.63, 3.8) is 0 Å². The standard InChI is InChI=1S/C13H13Cl2N3O/c1-8(10-4-3-9(14)7-11(10)15)17-13-16-6-5-12(18-13)19-2/h3-8H,1-2H3,(H,16,17,18). The molecule has 2 rings (SSSR count). The third-order valence-electron chi connectivity index (χ3n) is 2.61. The van der Waals surface area contributed by atoms with Crippen molar-refractivity contribution in [2.75, 3.05) is 12.4 Å². The SMILES string of the molecule is COc1ccnc(NC(C)c2ccc(Cl)cc2Cl)n1. The van der Waals surface area contributed by atoms with Gasteiger partial charge in [0.1, 0.15) is 0 Å². The van der Waals surface area contributed by atoms with Crippen molar-refractivity contribution in [2.24, 2.45) is 0 Å². The van der Waals surface area contributed by atoms with Gasteiger partial charge >= 0.3 is 0 Å². The average Bonchev–Trinajstić information content (AvgIpc) is 2.38. The molecule has 0 aliphatic rings. The van der Waals surface area contributed by atoms with Crippen molar-refractivity contribution in [2.45, 2.75) is 13.0 Å². The van der Waals surface area contributed by atoms with Crippen LogP contribution < -0.4 is 10.1 Å². The molecule has 0 saturated carbocycles. The zero-order valence-electron chi connectivity index (χ0n) is 10.5. The van der Waals surface area contributed by atoms with Crippen LogP contribution in [0.4, 0.5) is 5.95 Å². The quantitative estimate of drug-likeness (QED) is 0.928. The summed E-state index contributed by atoms with van der Waals surface area (Å²) < 4.78 is 5.05. The predicted octanol–water partition coefficient (Wildman–Crippen LogP) is 3.97. The summed E-state index contributed by atoms with van der Waals surface area (Å²) in [6, 6.07) is 7.03. The number of aromatic nitrogens is 2. The van der Waals surface area contributed by atoms with Crippen LogP contribution in [0.2, 0.25) is 10.0 Å². The van der Waals surface area contributed by atoms with Gasteiger partial charge in [-0.25, -0.2) is 4.98 Å². The number of ether oxygens (including phenoxy) is 1. The van der Waals surface area contributed by atoms with Gasteiger partial charge < -0.3 is 10.1 Å². The summed E-state index contributed by atoms with van der Waals surface area (Å²) in [6.07, 6.45) is 1.63. The molecule has 1 N–H and O–H groups in total. The van der Waals surface area contributed by atoms with E-state index in [2.05, 4.69) is 15.3 Å². The molecule has 0 aliphatic heterocycles. The van der Waals surface area contributed by atoms with Crippen molar-refractivity contribution in [1.29, 1.82) is 0 Å². The molecule has 0 saturated heterocycles. The molecule has 19 heavy (non-hydrogen) atoms. The molecule has 1 unspecified atom stereocenters. The van der Waals surface area contributed by atoms with E-state index in [9.17, 15) is 0 Å². The Kier molecular flexibility index (Phi) is 4.45. The van der Waals surface area contributed by atoms with E-state index in [4.69, 9.17) is 27.9 Å². The van der Waals surface area contributed by atoms with Gasteiger partial charge in [0.2, 0.25) is 11.8 Å². The van der Waals surface area contributed by atoms with Gasteiger partial charge in [0.05, 0.1) is 13.2 Å². The Morgan fingerprint density at radius 1 is 1.26 bits per heavy atom. The summed E-state index contributed by atoms with van der Waals surface area (Å²) in [6.45, 7) is 1.97. The molecule has 0 bridgehead atoms. The summed E-state index contributed by atoms with van der Waals surface area (Å²) in [4.78, 5) is 8.32. The van der Waals surface area contributed by atoms with Gasteiger partial charge in [-0.15, -0.1) is 0 Å². The van der Waals surface area contributed by atoms with Crippen LogP contribution in [0.1, 0.15) is 18.5 Å². The maximum Gasteiger partial charge on any atom is 0.226 e. The molecule has 0 amide bonds. The first kappa shape index (κ1) is 13.9. The highest BCUT2D eigenvalue weighted by Crippen LogP contribution is 2.27. The van der Waals surface area contributed by atoms with Gasteiger partial charge in [-0.1, -0.05) is 29.3 Å². The maximum absolute atomic E-state index is 6.16. The number of hydrogen-bond acceptors (Lipinski definition) is 4. The first-order valence-corrected chi connectivity index (χ1v) is 6.44. The topological polar surface area (TPSA) is 47.0 Å². The Morgan fingerprint density at radius 3 is 2.74 bits per heavy atom. The number of methoxy groups -OCH3 is 1. The van der Waals surface area contributed by atoms with Crippen molar-refractivity contribution >= 4 is 29.2 Å². The predicted molar refractivity (Wildman–Crippen MR) is 77.1 cm³/mol. The minimum atomic E-state index is -0.0446. The first-order valence-electron chi connectivity index (χ1n) is 5.68. The highest BCUT2D eigenvalue weighted by molar-refractivity contribution is 6.35. The fourth-order valence-electron chi connectivity index (χ4n) is 1.65. The van der Waals surface area contributed by atoms with E-state index in [0.29, 0.717) is 21.9 Å². The number of halogens is 2. The van der Waals surface area contributed by atoms with Gasteiger partial charge in [-0.3, -0.25) is 0 Å². The van der Waals surface area contributed by atoms with Crippen LogP contribution in [0.25, 0.3) is 0 Å². The molecule has 0 spiro atoms. The Hall–Kier alpha value is -1.52. The fraction of sp³-hybridized carbons (Fsp3) is 0.231. The lowest BCUT2D eigenvalue weighted by atomic mass is 10.1. The van der Waals surface area contributed by atoms with E-state index in [1.165, 1.54) is 0 Å². The molecule has 1 heterocycles. The number of anilines is 1. The monoisotopic (exact) mass is 297 g/mol. The number of benzene rings is 1. The van der Waals surface area contributed by atoms with Crippen LogP contribution in [0.3, 0.4) is 0 Å². The summed E-state index contributed by atoms with van der Waals surface area (Å²) in [5.74, 6) is 0.991. The molecule has 1 atom stereocenters. The second kappa shape index (κ2) is 6.08. The molecule has 0 fully saturated rings. The molecular weight excluding hydrogens is 285 g/mol. The Bertz CT molecular complexity index is 578. The minimum Gasteiger partial charge on any atom is -0.481 e. The van der Waals surface area contributed by atoms with Crippen LogP contribution in [-0.2, 0) is 0 Å². The zero-order valence-corrected chi connectivity index (χ0v) is 12.0. The number of nitrogens with one attached hydrogen (secondary N) is 1.